The zero-order valence-electron chi connectivity index (χ0n) is 18.7. The number of hydrogen-bond acceptors (Lipinski definition) is 4. The molecule has 162 valence electrons. The largest absolute Gasteiger partial charge is 0.491 e. The molecule has 0 aliphatic heterocycles. The number of nitrogen functional groups attached to an aromatic ring is 1. The second kappa shape index (κ2) is 16.6. The lowest BCUT2D eigenvalue weighted by molar-refractivity contribution is 0.127. The van der Waals surface area contributed by atoms with Crippen molar-refractivity contribution in [2.75, 3.05) is 25.6 Å². The van der Waals surface area contributed by atoms with Crippen LogP contribution < -0.4 is 10.5 Å². The molecule has 0 aliphatic rings. The number of anilines is 1. The molecule has 0 saturated carbocycles. The summed E-state index contributed by atoms with van der Waals surface area (Å²) in [6, 6.07) is 1.92. The van der Waals surface area contributed by atoms with Crippen molar-refractivity contribution in [3.8, 4) is 5.75 Å². The van der Waals surface area contributed by atoms with Crippen LogP contribution in [0.2, 0.25) is 0 Å². The molecule has 1 rings (SSSR count). The fraction of sp³-hybridized carbons (Fsp3) is 0.792. The van der Waals surface area contributed by atoms with Crippen molar-refractivity contribution < 1.29 is 9.47 Å². The van der Waals surface area contributed by atoms with Crippen molar-refractivity contribution in [1.29, 1.82) is 0 Å². The minimum Gasteiger partial charge on any atom is -0.491 e. The first-order valence-corrected chi connectivity index (χ1v) is 11.7. The van der Waals surface area contributed by atoms with Crippen LogP contribution in [0.4, 0.5) is 5.82 Å². The number of nitrogens with zero attached hydrogens (tertiary/aromatic N) is 1. The lowest BCUT2D eigenvalue weighted by Crippen LogP contribution is -2.06. The summed E-state index contributed by atoms with van der Waals surface area (Å²) in [5.74, 6) is 1.57. The van der Waals surface area contributed by atoms with Gasteiger partial charge in [-0.05, 0) is 50.7 Å². The van der Waals surface area contributed by atoms with E-state index in [4.69, 9.17) is 15.2 Å². The van der Waals surface area contributed by atoms with E-state index in [9.17, 15) is 0 Å². The Morgan fingerprint density at radius 2 is 1.36 bits per heavy atom. The minimum atomic E-state index is 0.606. The van der Waals surface area contributed by atoms with Crippen LogP contribution in [0, 0.1) is 6.92 Å². The maximum absolute atomic E-state index is 6.00. The zero-order chi connectivity index (χ0) is 20.5. The van der Waals surface area contributed by atoms with Gasteiger partial charge in [0.25, 0.3) is 0 Å². The molecule has 4 nitrogen and oxygen atoms in total. The summed E-state index contributed by atoms with van der Waals surface area (Å²) in [5, 5.41) is 0. The Labute approximate surface area is 173 Å². The van der Waals surface area contributed by atoms with Crippen LogP contribution in [-0.4, -0.2) is 24.8 Å². The molecule has 0 amide bonds. The van der Waals surface area contributed by atoms with E-state index in [-0.39, 0.29) is 0 Å². The minimum absolute atomic E-state index is 0.606. The Hall–Kier alpha value is -1.29. The average molecular weight is 393 g/mol. The van der Waals surface area contributed by atoms with Gasteiger partial charge < -0.3 is 15.2 Å². The van der Waals surface area contributed by atoms with Gasteiger partial charge in [0.05, 0.1) is 12.3 Å². The standard InChI is InChI=1S/C24H44N2O2/c1-4-6-17-27-18-15-13-11-9-8-10-12-14-16-22-24(28-19-7-5-2)21(3)20-23(25)26-22/h20H,4-19H2,1-3H3,(H2,25,26). The van der Waals surface area contributed by atoms with Gasteiger partial charge in [0.2, 0.25) is 0 Å². The van der Waals surface area contributed by atoms with Crippen molar-refractivity contribution in [2.45, 2.75) is 104 Å². The van der Waals surface area contributed by atoms with Crippen molar-refractivity contribution >= 4 is 5.82 Å². The van der Waals surface area contributed by atoms with Crippen LogP contribution in [0.3, 0.4) is 0 Å². The Kier molecular flexibility index (Phi) is 14.7. The summed E-state index contributed by atoms with van der Waals surface area (Å²) in [6.07, 6.45) is 15.8. The van der Waals surface area contributed by atoms with Crippen molar-refractivity contribution in [2.24, 2.45) is 0 Å². The van der Waals surface area contributed by atoms with E-state index in [1.54, 1.807) is 0 Å². The number of aromatic nitrogens is 1. The maximum Gasteiger partial charge on any atom is 0.143 e. The fourth-order valence-electron chi connectivity index (χ4n) is 3.34. The third kappa shape index (κ3) is 11.5. The van der Waals surface area contributed by atoms with Crippen molar-refractivity contribution in [1.82, 2.24) is 4.98 Å². The molecule has 1 heterocycles. The highest BCUT2D eigenvalue weighted by atomic mass is 16.5. The molecule has 0 fully saturated rings. The molecule has 0 spiro atoms. The number of pyridine rings is 1. The second-order valence-electron chi connectivity index (χ2n) is 7.89. The van der Waals surface area contributed by atoms with E-state index >= 15 is 0 Å². The molecule has 0 atom stereocenters. The van der Waals surface area contributed by atoms with Gasteiger partial charge in [-0.25, -0.2) is 4.98 Å². The van der Waals surface area contributed by atoms with Gasteiger partial charge >= 0.3 is 0 Å². The third-order valence-electron chi connectivity index (χ3n) is 5.09. The van der Waals surface area contributed by atoms with Crippen molar-refractivity contribution in [3.05, 3.63) is 17.3 Å². The van der Waals surface area contributed by atoms with Crippen LogP contribution in [0.25, 0.3) is 0 Å². The average Bonchev–Trinajstić information content (AvgIpc) is 2.67. The highest BCUT2D eigenvalue weighted by Crippen LogP contribution is 2.26. The molecule has 0 aromatic carbocycles. The van der Waals surface area contributed by atoms with E-state index < -0.39 is 0 Å². The first-order chi connectivity index (χ1) is 13.7. The normalized spacial score (nSPS) is 11.1. The molecular weight excluding hydrogens is 348 g/mol. The number of ether oxygens (including phenoxy) is 2. The summed E-state index contributed by atoms with van der Waals surface area (Å²) in [7, 11) is 0. The molecule has 0 saturated heterocycles. The van der Waals surface area contributed by atoms with Crippen LogP contribution in [0.15, 0.2) is 6.07 Å². The van der Waals surface area contributed by atoms with E-state index in [0.29, 0.717) is 5.82 Å². The van der Waals surface area contributed by atoms with Crippen molar-refractivity contribution in [3.63, 3.8) is 0 Å². The summed E-state index contributed by atoms with van der Waals surface area (Å²) < 4.78 is 11.6. The summed E-state index contributed by atoms with van der Waals surface area (Å²) in [6.45, 7) is 9.09. The predicted octanol–water partition coefficient (Wildman–Crippen LogP) is 6.63. The van der Waals surface area contributed by atoms with Crippen LogP contribution in [-0.2, 0) is 11.2 Å². The summed E-state index contributed by atoms with van der Waals surface area (Å²) >= 11 is 0. The third-order valence-corrected chi connectivity index (χ3v) is 5.09. The smallest absolute Gasteiger partial charge is 0.143 e. The number of unbranched alkanes of at least 4 members (excludes halogenated alkanes) is 9. The SMILES string of the molecule is CCCCOCCCCCCCCCCc1nc(N)cc(C)c1OCCCC. The zero-order valence-corrected chi connectivity index (χ0v) is 18.7. The van der Waals surface area contributed by atoms with Gasteiger partial charge in [-0.15, -0.1) is 0 Å². The highest BCUT2D eigenvalue weighted by Gasteiger charge is 2.10. The fourth-order valence-corrected chi connectivity index (χ4v) is 3.34. The van der Waals surface area contributed by atoms with Gasteiger partial charge in [-0.2, -0.15) is 0 Å². The maximum atomic E-state index is 6.00. The number of hydrogen-bond donors (Lipinski definition) is 1. The molecular formula is C24H44N2O2. The second-order valence-corrected chi connectivity index (χ2v) is 7.89. The predicted molar refractivity (Wildman–Crippen MR) is 120 cm³/mol. The topological polar surface area (TPSA) is 57.4 Å². The van der Waals surface area contributed by atoms with E-state index in [0.717, 1.165) is 62.5 Å². The lowest BCUT2D eigenvalue weighted by atomic mass is 10.0. The Morgan fingerprint density at radius 1 is 0.786 bits per heavy atom. The quantitative estimate of drug-likeness (QED) is 0.285. The summed E-state index contributed by atoms with van der Waals surface area (Å²) in [4.78, 5) is 4.55. The monoisotopic (exact) mass is 392 g/mol. The molecule has 0 bridgehead atoms. The van der Waals surface area contributed by atoms with Gasteiger partial charge in [0, 0.05) is 13.2 Å². The van der Waals surface area contributed by atoms with Gasteiger partial charge in [-0.3, -0.25) is 0 Å². The number of nitrogens with two attached hydrogens (primary N) is 1. The van der Waals surface area contributed by atoms with E-state index in [1.165, 1.54) is 57.8 Å². The molecule has 0 unspecified atom stereocenters. The molecule has 28 heavy (non-hydrogen) atoms. The molecule has 4 heteroatoms. The van der Waals surface area contributed by atoms with Crippen LogP contribution >= 0.6 is 0 Å². The van der Waals surface area contributed by atoms with E-state index in [1.807, 2.05) is 6.07 Å². The van der Waals surface area contributed by atoms with Gasteiger partial charge in [0.15, 0.2) is 0 Å². The van der Waals surface area contributed by atoms with E-state index in [2.05, 4.69) is 25.8 Å². The molecule has 0 radical (unpaired) electrons. The Bertz CT molecular complexity index is 506. The van der Waals surface area contributed by atoms with Gasteiger partial charge in [-0.1, -0.05) is 65.2 Å². The number of rotatable bonds is 18. The van der Waals surface area contributed by atoms with Crippen LogP contribution in [0.5, 0.6) is 5.75 Å². The Balaban J connectivity index is 2.12. The first-order valence-electron chi connectivity index (χ1n) is 11.7. The molecule has 1 aromatic rings. The first kappa shape index (κ1) is 24.7. The molecule has 0 aliphatic carbocycles. The number of aryl methyl sites for hydroxylation is 2. The molecule has 1 aromatic heterocycles. The Morgan fingerprint density at radius 3 is 2.04 bits per heavy atom. The highest BCUT2D eigenvalue weighted by molar-refractivity contribution is 5.45. The lowest BCUT2D eigenvalue weighted by Gasteiger charge is -2.14. The van der Waals surface area contributed by atoms with Crippen LogP contribution in [0.1, 0.15) is 102 Å². The van der Waals surface area contributed by atoms with Gasteiger partial charge in [0.1, 0.15) is 11.6 Å². The molecule has 2 N–H and O–H groups in total. The summed E-state index contributed by atoms with van der Waals surface area (Å²) in [5.41, 5.74) is 8.10.